The highest BCUT2D eigenvalue weighted by Crippen LogP contribution is 2.12. The summed E-state index contributed by atoms with van der Waals surface area (Å²) in [4.78, 5) is 24.1. The van der Waals surface area contributed by atoms with E-state index < -0.39 is 5.97 Å². The second-order valence-corrected chi connectivity index (χ2v) is 4.55. The van der Waals surface area contributed by atoms with Crippen molar-refractivity contribution in [1.82, 2.24) is 10.2 Å². The van der Waals surface area contributed by atoms with Gasteiger partial charge in [-0.15, -0.1) is 0 Å². The van der Waals surface area contributed by atoms with Crippen molar-refractivity contribution in [3.05, 3.63) is 0 Å². The van der Waals surface area contributed by atoms with Crippen molar-refractivity contribution < 1.29 is 14.7 Å². The van der Waals surface area contributed by atoms with Crippen LogP contribution in [0.1, 0.15) is 26.7 Å². The van der Waals surface area contributed by atoms with E-state index in [-0.39, 0.29) is 18.4 Å². The third-order valence-corrected chi connectivity index (χ3v) is 2.84. The SMILES string of the molecule is CC(C)N(CCC(=O)O)C(=O)CC1CNC1. The zero-order valence-corrected chi connectivity index (χ0v) is 9.90. The molecule has 0 aromatic carbocycles. The molecular formula is C11H20N2O3. The number of hydrogen-bond donors (Lipinski definition) is 2. The Morgan fingerprint density at radius 2 is 2.06 bits per heavy atom. The molecule has 0 spiro atoms. The van der Waals surface area contributed by atoms with E-state index in [1.807, 2.05) is 13.8 Å². The fraction of sp³-hybridized carbons (Fsp3) is 0.818. The van der Waals surface area contributed by atoms with E-state index in [0.29, 0.717) is 18.9 Å². The van der Waals surface area contributed by atoms with E-state index in [0.717, 1.165) is 13.1 Å². The van der Waals surface area contributed by atoms with Gasteiger partial charge < -0.3 is 15.3 Å². The van der Waals surface area contributed by atoms with E-state index in [1.165, 1.54) is 0 Å². The Hall–Kier alpha value is -1.10. The van der Waals surface area contributed by atoms with Crippen molar-refractivity contribution in [3.8, 4) is 0 Å². The van der Waals surface area contributed by atoms with Crippen LogP contribution in [0.15, 0.2) is 0 Å². The zero-order chi connectivity index (χ0) is 12.1. The maximum atomic E-state index is 11.9. The summed E-state index contributed by atoms with van der Waals surface area (Å²) in [6.07, 6.45) is 0.553. The number of carbonyl (C=O) groups excluding carboxylic acids is 1. The minimum Gasteiger partial charge on any atom is -0.481 e. The molecule has 0 unspecified atom stereocenters. The van der Waals surface area contributed by atoms with Crippen LogP contribution >= 0.6 is 0 Å². The Bertz CT molecular complexity index is 262. The summed E-state index contributed by atoms with van der Waals surface area (Å²) in [5.41, 5.74) is 0. The summed E-state index contributed by atoms with van der Waals surface area (Å²) in [6, 6.07) is 0.0693. The van der Waals surface area contributed by atoms with Crippen LogP contribution in [0.25, 0.3) is 0 Å². The molecule has 0 aliphatic carbocycles. The van der Waals surface area contributed by atoms with Crippen LogP contribution in [0.3, 0.4) is 0 Å². The van der Waals surface area contributed by atoms with Crippen molar-refractivity contribution in [2.75, 3.05) is 19.6 Å². The van der Waals surface area contributed by atoms with Crippen LogP contribution in [0.2, 0.25) is 0 Å². The lowest BCUT2D eigenvalue weighted by molar-refractivity contribution is -0.139. The molecule has 5 nitrogen and oxygen atoms in total. The number of carbonyl (C=O) groups is 2. The molecule has 16 heavy (non-hydrogen) atoms. The molecule has 0 aromatic heterocycles. The first kappa shape index (κ1) is 13.0. The molecule has 0 atom stereocenters. The Morgan fingerprint density at radius 1 is 1.44 bits per heavy atom. The molecule has 1 heterocycles. The van der Waals surface area contributed by atoms with Gasteiger partial charge in [-0.25, -0.2) is 0 Å². The van der Waals surface area contributed by atoms with Gasteiger partial charge >= 0.3 is 5.97 Å². The Kier molecular flexibility index (Phi) is 4.73. The first-order valence-corrected chi connectivity index (χ1v) is 5.72. The minimum absolute atomic E-state index is 0.0207. The number of rotatable bonds is 6. The minimum atomic E-state index is -0.858. The average molecular weight is 228 g/mol. The van der Waals surface area contributed by atoms with Crippen LogP contribution in [-0.2, 0) is 9.59 Å². The molecule has 1 aliphatic rings. The van der Waals surface area contributed by atoms with Crippen LogP contribution in [0.5, 0.6) is 0 Å². The molecule has 1 amide bonds. The quantitative estimate of drug-likeness (QED) is 0.686. The summed E-state index contributed by atoms with van der Waals surface area (Å²) in [5, 5.41) is 11.7. The van der Waals surface area contributed by atoms with Crippen molar-refractivity contribution in [1.29, 1.82) is 0 Å². The van der Waals surface area contributed by atoms with Crippen LogP contribution < -0.4 is 5.32 Å². The maximum Gasteiger partial charge on any atom is 0.305 e. The lowest BCUT2D eigenvalue weighted by Crippen LogP contribution is -2.46. The van der Waals surface area contributed by atoms with Gasteiger partial charge in [0, 0.05) is 19.0 Å². The zero-order valence-electron chi connectivity index (χ0n) is 9.90. The van der Waals surface area contributed by atoms with Gasteiger partial charge in [0.15, 0.2) is 0 Å². The number of carboxylic acids is 1. The summed E-state index contributed by atoms with van der Waals surface area (Å²) >= 11 is 0. The number of carboxylic acid groups (broad SMARTS) is 1. The molecule has 92 valence electrons. The standard InChI is InChI=1S/C11H20N2O3/c1-8(2)13(4-3-11(15)16)10(14)5-9-6-12-7-9/h8-9,12H,3-7H2,1-2H3,(H,15,16). The molecule has 0 bridgehead atoms. The van der Waals surface area contributed by atoms with Gasteiger partial charge in [-0.2, -0.15) is 0 Å². The number of nitrogens with one attached hydrogen (secondary N) is 1. The smallest absolute Gasteiger partial charge is 0.305 e. The third kappa shape index (κ3) is 3.81. The Balaban J connectivity index is 2.40. The van der Waals surface area contributed by atoms with E-state index in [1.54, 1.807) is 4.90 Å². The molecule has 5 heteroatoms. The predicted octanol–water partition coefficient (Wildman–Crippen LogP) is 0.308. The number of hydrogen-bond acceptors (Lipinski definition) is 3. The Morgan fingerprint density at radius 3 is 2.44 bits per heavy atom. The van der Waals surface area contributed by atoms with Crippen LogP contribution in [0, 0.1) is 5.92 Å². The fourth-order valence-electron chi connectivity index (χ4n) is 1.74. The van der Waals surface area contributed by atoms with Crippen molar-refractivity contribution in [2.45, 2.75) is 32.7 Å². The van der Waals surface area contributed by atoms with Crippen LogP contribution in [-0.4, -0.2) is 47.6 Å². The van der Waals surface area contributed by atoms with Gasteiger partial charge in [-0.1, -0.05) is 0 Å². The molecule has 0 radical (unpaired) electrons. The molecule has 0 aromatic rings. The van der Waals surface area contributed by atoms with Crippen molar-refractivity contribution in [2.24, 2.45) is 5.92 Å². The van der Waals surface area contributed by atoms with Gasteiger partial charge in [-0.05, 0) is 32.9 Å². The molecule has 1 aliphatic heterocycles. The van der Waals surface area contributed by atoms with E-state index >= 15 is 0 Å². The first-order chi connectivity index (χ1) is 7.50. The molecule has 2 N–H and O–H groups in total. The van der Waals surface area contributed by atoms with Gasteiger partial charge in [0.05, 0.1) is 6.42 Å². The topological polar surface area (TPSA) is 69.6 Å². The highest BCUT2D eigenvalue weighted by atomic mass is 16.4. The van der Waals surface area contributed by atoms with Gasteiger partial charge in [0.1, 0.15) is 0 Å². The van der Waals surface area contributed by atoms with E-state index in [2.05, 4.69) is 5.32 Å². The average Bonchev–Trinajstić information content (AvgIpc) is 2.10. The number of nitrogens with zero attached hydrogens (tertiary/aromatic N) is 1. The Labute approximate surface area is 95.8 Å². The normalized spacial score (nSPS) is 15.9. The first-order valence-electron chi connectivity index (χ1n) is 5.72. The lowest BCUT2D eigenvalue weighted by Gasteiger charge is -2.31. The molecule has 1 saturated heterocycles. The summed E-state index contributed by atoms with van der Waals surface area (Å²) in [7, 11) is 0. The van der Waals surface area contributed by atoms with E-state index in [9.17, 15) is 9.59 Å². The van der Waals surface area contributed by atoms with Gasteiger partial charge in [0.25, 0.3) is 0 Å². The van der Waals surface area contributed by atoms with Gasteiger partial charge in [0.2, 0.25) is 5.91 Å². The molecule has 0 saturated carbocycles. The lowest BCUT2D eigenvalue weighted by atomic mass is 9.98. The van der Waals surface area contributed by atoms with Crippen molar-refractivity contribution >= 4 is 11.9 Å². The maximum absolute atomic E-state index is 11.9. The van der Waals surface area contributed by atoms with E-state index in [4.69, 9.17) is 5.11 Å². The van der Waals surface area contributed by atoms with Gasteiger partial charge in [-0.3, -0.25) is 9.59 Å². The third-order valence-electron chi connectivity index (χ3n) is 2.84. The summed E-state index contributed by atoms with van der Waals surface area (Å²) in [5.74, 6) is -0.356. The monoisotopic (exact) mass is 228 g/mol. The number of aliphatic carboxylic acids is 1. The molecule has 1 rings (SSSR count). The molecular weight excluding hydrogens is 208 g/mol. The fourth-order valence-corrected chi connectivity index (χ4v) is 1.74. The second kappa shape index (κ2) is 5.84. The second-order valence-electron chi connectivity index (χ2n) is 4.55. The highest BCUT2D eigenvalue weighted by Gasteiger charge is 2.24. The molecule has 1 fully saturated rings. The number of amides is 1. The summed E-state index contributed by atoms with van der Waals surface area (Å²) < 4.78 is 0. The largest absolute Gasteiger partial charge is 0.481 e. The predicted molar refractivity (Wildman–Crippen MR) is 60.1 cm³/mol. The summed E-state index contributed by atoms with van der Waals surface area (Å²) in [6.45, 7) is 5.94. The van der Waals surface area contributed by atoms with Crippen LogP contribution in [0.4, 0.5) is 0 Å². The van der Waals surface area contributed by atoms with Crippen molar-refractivity contribution in [3.63, 3.8) is 0 Å². The highest BCUT2D eigenvalue weighted by molar-refractivity contribution is 5.77.